The van der Waals surface area contributed by atoms with Crippen molar-refractivity contribution in [2.75, 3.05) is 6.54 Å². The Hall–Kier alpha value is -2.01. The van der Waals surface area contributed by atoms with Crippen LogP contribution >= 0.6 is 0 Å². The standard InChI is InChI=1S/C15H17FN2O2/c1-2-12(19)5-7-18-15(20)13-9-11(16)8-10-4-3-6-17-14(10)13/h3-4,6,8-9,12,19H,2,5,7H2,1H3,(H,18,20). The molecule has 0 spiro atoms. The molecular formula is C15H17FN2O2. The van der Waals surface area contributed by atoms with Crippen molar-refractivity contribution in [1.82, 2.24) is 10.3 Å². The van der Waals surface area contributed by atoms with E-state index in [-0.39, 0.29) is 11.5 Å². The lowest BCUT2D eigenvalue weighted by molar-refractivity contribution is 0.0943. The first-order valence-electron chi connectivity index (χ1n) is 6.62. The number of fused-ring (bicyclic) bond motifs is 1. The van der Waals surface area contributed by atoms with E-state index >= 15 is 0 Å². The van der Waals surface area contributed by atoms with Crippen molar-refractivity contribution in [3.63, 3.8) is 0 Å². The summed E-state index contributed by atoms with van der Waals surface area (Å²) < 4.78 is 13.5. The van der Waals surface area contributed by atoms with Gasteiger partial charge in [0.05, 0.1) is 17.2 Å². The third-order valence-corrected chi connectivity index (χ3v) is 3.15. The van der Waals surface area contributed by atoms with E-state index in [1.807, 2.05) is 6.92 Å². The molecule has 0 fully saturated rings. The van der Waals surface area contributed by atoms with Crippen LogP contribution in [-0.4, -0.2) is 28.6 Å². The second-order valence-corrected chi connectivity index (χ2v) is 4.64. The molecule has 20 heavy (non-hydrogen) atoms. The summed E-state index contributed by atoms with van der Waals surface area (Å²) >= 11 is 0. The number of halogens is 1. The molecule has 2 rings (SSSR count). The van der Waals surface area contributed by atoms with Crippen LogP contribution in [0.2, 0.25) is 0 Å². The van der Waals surface area contributed by atoms with Gasteiger partial charge in [0.15, 0.2) is 0 Å². The number of benzene rings is 1. The van der Waals surface area contributed by atoms with E-state index in [0.29, 0.717) is 30.3 Å². The maximum atomic E-state index is 13.5. The summed E-state index contributed by atoms with van der Waals surface area (Å²) in [5, 5.41) is 12.7. The minimum Gasteiger partial charge on any atom is -0.393 e. The van der Waals surface area contributed by atoms with Gasteiger partial charge in [0.2, 0.25) is 0 Å². The molecule has 0 saturated carbocycles. The molecule has 0 aliphatic rings. The van der Waals surface area contributed by atoms with E-state index in [1.165, 1.54) is 12.1 Å². The maximum Gasteiger partial charge on any atom is 0.253 e. The van der Waals surface area contributed by atoms with Gasteiger partial charge < -0.3 is 10.4 Å². The largest absolute Gasteiger partial charge is 0.393 e. The molecule has 0 radical (unpaired) electrons. The van der Waals surface area contributed by atoms with Crippen LogP contribution in [0.3, 0.4) is 0 Å². The molecule has 0 aliphatic carbocycles. The summed E-state index contributed by atoms with van der Waals surface area (Å²) in [6.07, 6.45) is 2.25. The number of pyridine rings is 1. The molecular weight excluding hydrogens is 259 g/mol. The smallest absolute Gasteiger partial charge is 0.253 e. The van der Waals surface area contributed by atoms with Gasteiger partial charge in [0.25, 0.3) is 5.91 Å². The van der Waals surface area contributed by atoms with Crippen molar-refractivity contribution in [2.24, 2.45) is 0 Å². The average Bonchev–Trinajstić information content (AvgIpc) is 2.45. The number of carbonyl (C=O) groups excluding carboxylic acids is 1. The normalized spacial score (nSPS) is 12.3. The predicted octanol–water partition coefficient (Wildman–Crippen LogP) is 2.26. The van der Waals surface area contributed by atoms with Gasteiger partial charge in [-0.3, -0.25) is 9.78 Å². The first kappa shape index (κ1) is 14.4. The highest BCUT2D eigenvalue weighted by molar-refractivity contribution is 6.05. The second-order valence-electron chi connectivity index (χ2n) is 4.64. The van der Waals surface area contributed by atoms with Gasteiger partial charge in [0.1, 0.15) is 5.82 Å². The van der Waals surface area contributed by atoms with Crippen molar-refractivity contribution in [3.8, 4) is 0 Å². The molecule has 0 saturated heterocycles. The molecule has 2 aromatic rings. The summed E-state index contributed by atoms with van der Waals surface area (Å²) in [6, 6.07) is 5.94. The molecule has 4 nitrogen and oxygen atoms in total. The molecule has 2 N–H and O–H groups in total. The van der Waals surface area contributed by atoms with E-state index in [9.17, 15) is 14.3 Å². The zero-order chi connectivity index (χ0) is 14.5. The topological polar surface area (TPSA) is 62.2 Å². The number of rotatable bonds is 5. The molecule has 106 valence electrons. The van der Waals surface area contributed by atoms with Crippen molar-refractivity contribution in [1.29, 1.82) is 0 Å². The Labute approximate surface area is 116 Å². The minimum absolute atomic E-state index is 0.214. The Morgan fingerprint density at radius 2 is 2.30 bits per heavy atom. The zero-order valence-corrected chi connectivity index (χ0v) is 11.3. The van der Waals surface area contributed by atoms with Crippen molar-refractivity contribution in [3.05, 3.63) is 41.8 Å². The quantitative estimate of drug-likeness (QED) is 0.880. The lowest BCUT2D eigenvalue weighted by Crippen LogP contribution is -2.27. The van der Waals surface area contributed by atoms with Gasteiger partial charge >= 0.3 is 0 Å². The molecule has 1 heterocycles. The Kier molecular flexibility index (Phi) is 4.63. The highest BCUT2D eigenvalue weighted by Crippen LogP contribution is 2.18. The molecule has 5 heteroatoms. The number of aliphatic hydroxyl groups is 1. The molecule has 1 amide bonds. The fourth-order valence-corrected chi connectivity index (χ4v) is 1.98. The average molecular weight is 276 g/mol. The fraction of sp³-hybridized carbons (Fsp3) is 0.333. The molecule has 1 unspecified atom stereocenters. The third-order valence-electron chi connectivity index (χ3n) is 3.15. The van der Waals surface area contributed by atoms with E-state index in [1.54, 1.807) is 18.3 Å². The van der Waals surface area contributed by atoms with Gasteiger partial charge in [-0.15, -0.1) is 0 Å². The van der Waals surface area contributed by atoms with Gasteiger partial charge in [-0.05, 0) is 31.0 Å². The third kappa shape index (κ3) is 3.30. The Balaban J connectivity index is 2.17. The molecule has 0 bridgehead atoms. The van der Waals surface area contributed by atoms with Crippen molar-refractivity contribution < 1.29 is 14.3 Å². The first-order valence-corrected chi connectivity index (χ1v) is 6.62. The summed E-state index contributed by atoms with van der Waals surface area (Å²) in [5.41, 5.74) is 0.689. The molecule has 1 aromatic heterocycles. The van der Waals surface area contributed by atoms with Crippen LogP contribution < -0.4 is 5.32 Å². The second kappa shape index (κ2) is 6.43. The SMILES string of the molecule is CCC(O)CCNC(=O)c1cc(F)cc2cccnc12. The maximum absolute atomic E-state index is 13.5. The van der Waals surface area contributed by atoms with Gasteiger partial charge in [-0.1, -0.05) is 13.0 Å². The van der Waals surface area contributed by atoms with E-state index in [2.05, 4.69) is 10.3 Å². The lowest BCUT2D eigenvalue weighted by Gasteiger charge is -2.10. The summed E-state index contributed by atoms with van der Waals surface area (Å²) in [5.74, 6) is -0.847. The summed E-state index contributed by atoms with van der Waals surface area (Å²) in [4.78, 5) is 16.2. The minimum atomic E-state index is -0.468. The fourth-order valence-electron chi connectivity index (χ4n) is 1.98. The van der Waals surface area contributed by atoms with Crippen LogP contribution in [0, 0.1) is 5.82 Å². The predicted molar refractivity (Wildman–Crippen MR) is 74.9 cm³/mol. The summed E-state index contributed by atoms with van der Waals surface area (Å²) in [7, 11) is 0. The highest BCUT2D eigenvalue weighted by atomic mass is 19.1. The van der Waals surface area contributed by atoms with Crippen molar-refractivity contribution in [2.45, 2.75) is 25.9 Å². The molecule has 1 atom stereocenters. The highest BCUT2D eigenvalue weighted by Gasteiger charge is 2.13. The van der Waals surface area contributed by atoms with Crippen LogP contribution in [-0.2, 0) is 0 Å². The van der Waals surface area contributed by atoms with Crippen molar-refractivity contribution >= 4 is 16.8 Å². The van der Waals surface area contributed by atoms with E-state index in [0.717, 1.165) is 0 Å². The number of hydrogen-bond donors (Lipinski definition) is 2. The van der Waals surface area contributed by atoms with Crippen LogP contribution in [0.15, 0.2) is 30.5 Å². The number of amides is 1. The Morgan fingerprint density at radius 3 is 3.05 bits per heavy atom. The number of carbonyl (C=O) groups is 1. The number of hydrogen-bond acceptors (Lipinski definition) is 3. The number of nitrogens with zero attached hydrogens (tertiary/aromatic N) is 1. The van der Waals surface area contributed by atoms with Crippen LogP contribution in [0.25, 0.3) is 10.9 Å². The zero-order valence-electron chi connectivity index (χ0n) is 11.3. The van der Waals surface area contributed by atoms with Crippen LogP contribution in [0.5, 0.6) is 0 Å². The lowest BCUT2D eigenvalue weighted by atomic mass is 10.1. The van der Waals surface area contributed by atoms with Gasteiger partial charge in [-0.25, -0.2) is 4.39 Å². The van der Waals surface area contributed by atoms with Crippen LogP contribution in [0.1, 0.15) is 30.1 Å². The number of aromatic nitrogens is 1. The van der Waals surface area contributed by atoms with E-state index in [4.69, 9.17) is 0 Å². The van der Waals surface area contributed by atoms with Gasteiger partial charge in [-0.2, -0.15) is 0 Å². The van der Waals surface area contributed by atoms with Crippen LogP contribution in [0.4, 0.5) is 4.39 Å². The van der Waals surface area contributed by atoms with Gasteiger partial charge in [0, 0.05) is 18.1 Å². The Morgan fingerprint density at radius 1 is 1.50 bits per heavy atom. The Bertz CT molecular complexity index is 616. The van der Waals surface area contributed by atoms with E-state index < -0.39 is 11.9 Å². The number of aliphatic hydroxyl groups excluding tert-OH is 1. The number of nitrogens with one attached hydrogen (secondary N) is 1. The monoisotopic (exact) mass is 276 g/mol. The summed E-state index contributed by atoms with van der Waals surface area (Å²) in [6.45, 7) is 2.22. The molecule has 1 aromatic carbocycles. The molecule has 0 aliphatic heterocycles. The first-order chi connectivity index (χ1) is 9.61.